The van der Waals surface area contributed by atoms with E-state index in [1.165, 1.54) is 11.1 Å². The van der Waals surface area contributed by atoms with Crippen LogP contribution in [0, 0.1) is 6.92 Å². The molecule has 0 aliphatic heterocycles. The van der Waals surface area contributed by atoms with Crippen molar-refractivity contribution in [3.63, 3.8) is 0 Å². The number of aromatic nitrogens is 3. The van der Waals surface area contributed by atoms with Gasteiger partial charge in [0.25, 0.3) is 0 Å². The van der Waals surface area contributed by atoms with Crippen LogP contribution in [0.15, 0.2) is 30.5 Å². The highest BCUT2D eigenvalue weighted by Crippen LogP contribution is 2.23. The van der Waals surface area contributed by atoms with E-state index >= 15 is 0 Å². The zero-order chi connectivity index (χ0) is 16.4. The van der Waals surface area contributed by atoms with Crippen LogP contribution in [0.4, 0.5) is 5.13 Å². The van der Waals surface area contributed by atoms with Gasteiger partial charge in [0.15, 0.2) is 0 Å². The average Bonchev–Trinajstić information content (AvgIpc) is 3.04. The lowest BCUT2D eigenvalue weighted by molar-refractivity contribution is 0.311. The summed E-state index contributed by atoms with van der Waals surface area (Å²) in [7, 11) is 4.22. The van der Waals surface area contributed by atoms with Crippen LogP contribution in [0.5, 0.6) is 0 Å². The summed E-state index contributed by atoms with van der Waals surface area (Å²) in [6, 6.07) is 9.18. The summed E-state index contributed by atoms with van der Waals surface area (Å²) in [6.45, 7) is 4.98. The maximum Gasteiger partial charge on any atom is 0.214 e. The fourth-order valence-electron chi connectivity index (χ4n) is 2.64. The number of anilines is 1. The van der Waals surface area contributed by atoms with Crippen LogP contribution in [0.3, 0.4) is 0 Å². The molecular weight excluding hydrogens is 306 g/mol. The highest BCUT2D eigenvalue weighted by Gasteiger charge is 2.15. The van der Waals surface area contributed by atoms with Crippen LogP contribution in [-0.2, 0) is 6.42 Å². The largest absolute Gasteiger partial charge is 0.358 e. The molecule has 3 rings (SSSR count). The third-order valence-corrected chi connectivity index (χ3v) is 4.89. The van der Waals surface area contributed by atoms with E-state index in [9.17, 15) is 0 Å². The molecule has 6 heteroatoms. The number of hydrogen-bond acceptors (Lipinski definition) is 5. The van der Waals surface area contributed by atoms with Gasteiger partial charge in [0.1, 0.15) is 0 Å². The fourth-order valence-corrected chi connectivity index (χ4v) is 3.47. The molecule has 2 heterocycles. The van der Waals surface area contributed by atoms with Crippen molar-refractivity contribution in [1.29, 1.82) is 0 Å². The number of likely N-dealkylation sites (N-methyl/N-ethyl adjacent to an activating group) is 1. The molecule has 2 aromatic heterocycles. The first-order valence-corrected chi connectivity index (χ1v) is 8.70. The quantitative estimate of drug-likeness (QED) is 0.753. The molecule has 0 aliphatic carbocycles. The van der Waals surface area contributed by atoms with Crippen molar-refractivity contribution < 1.29 is 0 Å². The number of fused-ring (bicyclic) bond motifs is 1. The minimum atomic E-state index is 0.305. The standard InChI is InChI=1S/C17H23N5S/c1-5-13-6-8-14(9-7-13)15(21(3)4)10-18-16-20-22-11-12(2)19-17(22)23-16/h6-9,11,15H,5,10H2,1-4H3,(H,18,20). The summed E-state index contributed by atoms with van der Waals surface area (Å²) in [5, 5.41) is 8.89. The summed E-state index contributed by atoms with van der Waals surface area (Å²) in [5.74, 6) is 0. The number of imidazole rings is 1. The van der Waals surface area contributed by atoms with Gasteiger partial charge >= 0.3 is 0 Å². The molecule has 0 radical (unpaired) electrons. The first-order chi connectivity index (χ1) is 11.1. The summed E-state index contributed by atoms with van der Waals surface area (Å²) >= 11 is 1.58. The van der Waals surface area contributed by atoms with Gasteiger partial charge in [-0.25, -0.2) is 9.50 Å². The number of aryl methyl sites for hydroxylation is 2. The summed E-state index contributed by atoms with van der Waals surface area (Å²) in [6.07, 6.45) is 3.02. The minimum Gasteiger partial charge on any atom is -0.358 e. The van der Waals surface area contributed by atoms with Crippen molar-refractivity contribution in [2.45, 2.75) is 26.3 Å². The molecule has 0 fully saturated rings. The van der Waals surface area contributed by atoms with Gasteiger partial charge in [-0.3, -0.25) is 0 Å². The van der Waals surface area contributed by atoms with Crippen LogP contribution in [0.2, 0.25) is 0 Å². The van der Waals surface area contributed by atoms with Gasteiger partial charge < -0.3 is 10.2 Å². The first-order valence-electron chi connectivity index (χ1n) is 7.88. The molecule has 122 valence electrons. The molecule has 1 aromatic carbocycles. The van der Waals surface area contributed by atoms with Gasteiger partial charge in [0.05, 0.1) is 17.9 Å². The number of rotatable bonds is 6. The van der Waals surface area contributed by atoms with Gasteiger partial charge in [0, 0.05) is 6.54 Å². The van der Waals surface area contributed by atoms with Crippen LogP contribution in [-0.4, -0.2) is 40.1 Å². The molecular formula is C17H23N5S. The SMILES string of the molecule is CCc1ccc(C(CNc2nn3cc(C)nc3s2)N(C)C)cc1. The minimum absolute atomic E-state index is 0.305. The van der Waals surface area contributed by atoms with Crippen LogP contribution in [0.25, 0.3) is 4.96 Å². The van der Waals surface area contributed by atoms with Crippen LogP contribution in [0.1, 0.15) is 29.8 Å². The Bertz CT molecular complexity index is 740. The number of nitrogens with one attached hydrogen (secondary N) is 1. The fraction of sp³-hybridized carbons (Fsp3) is 0.412. The molecule has 0 saturated carbocycles. The number of hydrogen-bond donors (Lipinski definition) is 1. The van der Waals surface area contributed by atoms with E-state index in [1.807, 2.05) is 17.6 Å². The molecule has 3 aromatic rings. The van der Waals surface area contributed by atoms with Crippen molar-refractivity contribution >= 4 is 21.4 Å². The van der Waals surface area contributed by atoms with Gasteiger partial charge in [-0.1, -0.05) is 42.5 Å². The molecule has 0 saturated heterocycles. The zero-order valence-corrected chi connectivity index (χ0v) is 14.9. The Labute approximate surface area is 141 Å². The molecule has 0 bridgehead atoms. The van der Waals surface area contributed by atoms with Gasteiger partial charge in [-0.15, -0.1) is 5.10 Å². The zero-order valence-electron chi connectivity index (χ0n) is 14.1. The van der Waals surface area contributed by atoms with Crippen molar-refractivity contribution in [3.8, 4) is 0 Å². The maximum absolute atomic E-state index is 4.53. The van der Waals surface area contributed by atoms with Gasteiger partial charge in [0.2, 0.25) is 10.1 Å². The number of nitrogens with zero attached hydrogens (tertiary/aromatic N) is 4. The average molecular weight is 329 g/mol. The van der Waals surface area contributed by atoms with E-state index in [0.29, 0.717) is 6.04 Å². The Balaban J connectivity index is 1.72. The summed E-state index contributed by atoms with van der Waals surface area (Å²) in [5.41, 5.74) is 3.69. The topological polar surface area (TPSA) is 45.5 Å². The van der Waals surface area contributed by atoms with Gasteiger partial charge in [-0.05, 0) is 38.6 Å². The normalized spacial score (nSPS) is 12.9. The van der Waals surface area contributed by atoms with Gasteiger partial charge in [-0.2, -0.15) is 0 Å². The Morgan fingerprint density at radius 2 is 2.00 bits per heavy atom. The lowest BCUT2D eigenvalue weighted by atomic mass is 10.0. The van der Waals surface area contributed by atoms with Crippen molar-refractivity contribution in [2.24, 2.45) is 0 Å². The predicted molar refractivity (Wildman–Crippen MR) is 96.3 cm³/mol. The van der Waals surface area contributed by atoms with E-state index in [1.54, 1.807) is 11.3 Å². The third-order valence-electron chi connectivity index (χ3n) is 4.01. The summed E-state index contributed by atoms with van der Waals surface area (Å²) < 4.78 is 1.84. The second kappa shape index (κ2) is 6.68. The number of benzene rings is 1. The van der Waals surface area contributed by atoms with Crippen LogP contribution >= 0.6 is 11.3 Å². The maximum atomic E-state index is 4.53. The van der Waals surface area contributed by atoms with Crippen molar-refractivity contribution in [3.05, 3.63) is 47.3 Å². The monoisotopic (exact) mass is 329 g/mol. The van der Waals surface area contributed by atoms with Crippen molar-refractivity contribution in [2.75, 3.05) is 26.0 Å². The highest BCUT2D eigenvalue weighted by atomic mass is 32.1. The Morgan fingerprint density at radius 3 is 2.61 bits per heavy atom. The second-order valence-corrected chi connectivity index (χ2v) is 6.93. The molecule has 0 aliphatic rings. The Hall–Kier alpha value is -1.92. The Morgan fingerprint density at radius 1 is 1.26 bits per heavy atom. The molecule has 1 N–H and O–H groups in total. The van der Waals surface area contributed by atoms with Crippen molar-refractivity contribution in [1.82, 2.24) is 19.5 Å². The van der Waals surface area contributed by atoms with E-state index < -0.39 is 0 Å². The van der Waals surface area contributed by atoms with E-state index in [-0.39, 0.29) is 0 Å². The van der Waals surface area contributed by atoms with E-state index in [4.69, 9.17) is 0 Å². The molecule has 0 spiro atoms. The van der Waals surface area contributed by atoms with E-state index in [0.717, 1.165) is 28.8 Å². The van der Waals surface area contributed by atoms with E-state index in [2.05, 4.69) is 65.6 Å². The van der Waals surface area contributed by atoms with Crippen LogP contribution < -0.4 is 5.32 Å². The lowest BCUT2D eigenvalue weighted by Crippen LogP contribution is -2.26. The highest BCUT2D eigenvalue weighted by molar-refractivity contribution is 7.20. The molecule has 5 nitrogen and oxygen atoms in total. The first kappa shape index (κ1) is 16.0. The third kappa shape index (κ3) is 3.54. The lowest BCUT2D eigenvalue weighted by Gasteiger charge is -2.25. The predicted octanol–water partition coefficient (Wildman–Crippen LogP) is 3.38. The molecule has 1 atom stereocenters. The molecule has 0 amide bonds. The molecule has 23 heavy (non-hydrogen) atoms. The summed E-state index contributed by atoms with van der Waals surface area (Å²) in [4.78, 5) is 7.60. The Kier molecular flexibility index (Phi) is 4.63. The second-order valence-electron chi connectivity index (χ2n) is 5.97. The smallest absolute Gasteiger partial charge is 0.214 e. The molecule has 1 unspecified atom stereocenters.